The molecule has 1 aromatic rings. The van der Waals surface area contributed by atoms with Crippen molar-refractivity contribution in [1.29, 1.82) is 0 Å². The fourth-order valence-corrected chi connectivity index (χ4v) is 3.87. The molecule has 4 N–H and O–H groups in total. The first-order valence-electron chi connectivity index (χ1n) is 11.0. The summed E-state index contributed by atoms with van der Waals surface area (Å²) < 4.78 is 43.6. The molecule has 0 heterocycles. The predicted octanol–water partition coefficient (Wildman–Crippen LogP) is 3.95. The average molecular weight is 473 g/mol. The van der Waals surface area contributed by atoms with E-state index in [1.54, 1.807) is 6.08 Å². The normalized spacial score (nSPS) is 24.5. The highest BCUT2D eigenvalue weighted by Crippen LogP contribution is 2.36. The zero-order chi connectivity index (χ0) is 24.4. The van der Waals surface area contributed by atoms with Gasteiger partial charge in [-0.25, -0.2) is 0 Å². The number of halogens is 3. The number of hydrogen-bond donors (Lipinski definition) is 4. The molecule has 0 saturated heterocycles. The van der Waals surface area contributed by atoms with Crippen molar-refractivity contribution in [2.24, 2.45) is 11.8 Å². The van der Waals surface area contributed by atoms with Gasteiger partial charge in [-0.1, -0.05) is 30.4 Å². The first kappa shape index (κ1) is 26.9. The topological polar surface area (TPSA) is 107 Å². The lowest BCUT2D eigenvalue weighted by Gasteiger charge is -2.19. The van der Waals surface area contributed by atoms with Gasteiger partial charge in [-0.15, -0.1) is 0 Å². The summed E-state index contributed by atoms with van der Waals surface area (Å²) in [5.41, 5.74) is -0.842. The van der Waals surface area contributed by atoms with Crippen molar-refractivity contribution in [2.45, 2.75) is 63.0 Å². The summed E-state index contributed by atoms with van der Waals surface area (Å²) in [6.45, 7) is -0.260. The van der Waals surface area contributed by atoms with Gasteiger partial charge in [-0.05, 0) is 49.8 Å². The number of hydrogen-bond acceptors (Lipinski definition) is 5. The van der Waals surface area contributed by atoms with Crippen LogP contribution in [0, 0.1) is 11.8 Å². The molecule has 1 aliphatic carbocycles. The number of aliphatic carboxylic acids is 1. The van der Waals surface area contributed by atoms with Gasteiger partial charge in [0.1, 0.15) is 18.5 Å². The second-order valence-corrected chi connectivity index (χ2v) is 8.25. The van der Waals surface area contributed by atoms with E-state index in [-0.39, 0.29) is 37.0 Å². The maximum atomic E-state index is 12.8. The third-order valence-electron chi connectivity index (χ3n) is 5.64. The van der Waals surface area contributed by atoms with Crippen LogP contribution in [-0.2, 0) is 11.0 Å². The van der Waals surface area contributed by atoms with Crippen LogP contribution >= 0.6 is 0 Å². The standard InChI is InChI=1S/C24H31F3O6/c25-24(26,27)16-7-6-8-18(13-16)33-15-17(28)11-12-20-19(21(29)14-22(20)30)9-4-2-1-3-5-10-23(31)32/h2,4,6-8,11-13,17,19-22,28-30H,1,3,5,9-10,14-15H2,(H,31,32)/b4-2-,12-11+/t17-,19-,20-,21+,22-/m1/s1. The van der Waals surface area contributed by atoms with Gasteiger partial charge >= 0.3 is 12.1 Å². The van der Waals surface area contributed by atoms with Crippen molar-refractivity contribution in [3.8, 4) is 5.75 Å². The maximum absolute atomic E-state index is 12.8. The number of carboxylic acid groups (broad SMARTS) is 1. The number of alkyl halides is 3. The Labute approximate surface area is 191 Å². The van der Waals surface area contributed by atoms with Crippen LogP contribution < -0.4 is 4.74 Å². The highest BCUT2D eigenvalue weighted by molar-refractivity contribution is 5.66. The van der Waals surface area contributed by atoms with Gasteiger partial charge in [-0.3, -0.25) is 4.79 Å². The molecule has 0 unspecified atom stereocenters. The highest BCUT2D eigenvalue weighted by Gasteiger charge is 2.39. The van der Waals surface area contributed by atoms with Gasteiger partial charge in [0.25, 0.3) is 0 Å². The molecule has 184 valence electrons. The lowest BCUT2D eigenvalue weighted by molar-refractivity contribution is -0.138. The maximum Gasteiger partial charge on any atom is 0.416 e. The van der Waals surface area contributed by atoms with Crippen LogP contribution in [0.1, 0.15) is 44.1 Å². The fourth-order valence-electron chi connectivity index (χ4n) is 3.87. The van der Waals surface area contributed by atoms with Crippen LogP contribution in [0.2, 0.25) is 0 Å². The minimum Gasteiger partial charge on any atom is -0.491 e. The van der Waals surface area contributed by atoms with E-state index in [4.69, 9.17) is 9.84 Å². The summed E-state index contributed by atoms with van der Waals surface area (Å²) >= 11 is 0. The molecule has 1 aliphatic rings. The lowest BCUT2D eigenvalue weighted by atomic mass is 9.89. The van der Waals surface area contributed by atoms with Crippen LogP contribution in [0.25, 0.3) is 0 Å². The Morgan fingerprint density at radius 1 is 1.18 bits per heavy atom. The monoisotopic (exact) mass is 472 g/mol. The summed E-state index contributed by atoms with van der Waals surface area (Å²) in [4.78, 5) is 10.5. The first-order valence-corrected chi connectivity index (χ1v) is 11.0. The molecule has 0 spiro atoms. The predicted molar refractivity (Wildman–Crippen MR) is 116 cm³/mol. The second-order valence-electron chi connectivity index (χ2n) is 8.25. The van der Waals surface area contributed by atoms with E-state index >= 15 is 0 Å². The Morgan fingerprint density at radius 2 is 1.94 bits per heavy atom. The number of benzene rings is 1. The number of carbonyl (C=O) groups is 1. The van der Waals surface area contributed by atoms with Crippen molar-refractivity contribution < 1.29 is 43.1 Å². The second kappa shape index (κ2) is 12.8. The Hall–Kier alpha value is -2.36. The van der Waals surface area contributed by atoms with E-state index in [2.05, 4.69) is 0 Å². The molecule has 0 amide bonds. The van der Waals surface area contributed by atoms with Crippen LogP contribution in [0.5, 0.6) is 5.75 Å². The van der Waals surface area contributed by atoms with E-state index in [0.717, 1.165) is 25.0 Å². The highest BCUT2D eigenvalue weighted by atomic mass is 19.4. The Morgan fingerprint density at radius 3 is 2.64 bits per heavy atom. The van der Waals surface area contributed by atoms with Crippen LogP contribution in [0.3, 0.4) is 0 Å². The number of rotatable bonds is 12. The van der Waals surface area contributed by atoms with Gasteiger partial charge in [0.05, 0.1) is 17.8 Å². The van der Waals surface area contributed by atoms with Gasteiger partial charge in [-0.2, -0.15) is 13.2 Å². The molecule has 0 aromatic heterocycles. The zero-order valence-corrected chi connectivity index (χ0v) is 18.2. The quantitative estimate of drug-likeness (QED) is 0.271. The molecule has 6 nitrogen and oxygen atoms in total. The molecule has 0 bridgehead atoms. The Balaban J connectivity index is 1.84. The van der Waals surface area contributed by atoms with Crippen LogP contribution in [-0.4, -0.2) is 51.3 Å². The van der Waals surface area contributed by atoms with Crippen LogP contribution in [0.15, 0.2) is 48.6 Å². The number of aliphatic hydroxyl groups is 3. The van der Waals surface area contributed by atoms with E-state index in [1.165, 1.54) is 18.2 Å². The van der Waals surface area contributed by atoms with Gasteiger partial charge in [0, 0.05) is 18.8 Å². The summed E-state index contributed by atoms with van der Waals surface area (Å²) in [6.07, 6.45) is 2.73. The largest absolute Gasteiger partial charge is 0.491 e. The van der Waals surface area contributed by atoms with Crippen molar-refractivity contribution in [1.82, 2.24) is 0 Å². The average Bonchev–Trinajstić information content (AvgIpc) is 3.01. The molecule has 1 saturated carbocycles. The van der Waals surface area contributed by atoms with E-state index in [1.807, 2.05) is 12.2 Å². The number of allylic oxidation sites excluding steroid dienone is 2. The molecule has 1 aromatic carbocycles. The van der Waals surface area contributed by atoms with Gasteiger partial charge in [0.15, 0.2) is 0 Å². The molecule has 1 fully saturated rings. The fraction of sp³-hybridized carbons (Fsp3) is 0.542. The third-order valence-corrected chi connectivity index (χ3v) is 5.64. The van der Waals surface area contributed by atoms with E-state index in [0.29, 0.717) is 12.8 Å². The SMILES string of the molecule is O=C(O)CCCC/C=C\C[C@@H]1[C@@H](/C=C/[C@@H](O)COc2cccc(C(F)(F)F)c2)[C@H](O)C[C@@H]1O. The molecule has 0 aliphatic heterocycles. The van der Waals surface area contributed by atoms with Crippen LogP contribution in [0.4, 0.5) is 13.2 Å². The third kappa shape index (κ3) is 9.19. The molecule has 2 rings (SSSR count). The minimum absolute atomic E-state index is 0.0139. The first-order chi connectivity index (χ1) is 15.6. The molecule has 5 atom stereocenters. The molecule has 9 heteroatoms. The lowest BCUT2D eigenvalue weighted by Crippen LogP contribution is -2.21. The molecule has 0 radical (unpaired) electrons. The molecular weight excluding hydrogens is 441 g/mol. The summed E-state index contributed by atoms with van der Waals surface area (Å²) in [5, 5.41) is 39.3. The number of carboxylic acids is 1. The summed E-state index contributed by atoms with van der Waals surface area (Å²) in [6, 6.07) is 4.38. The van der Waals surface area contributed by atoms with Gasteiger partial charge < -0.3 is 25.2 Å². The zero-order valence-electron chi connectivity index (χ0n) is 18.2. The van der Waals surface area contributed by atoms with Crippen molar-refractivity contribution in [3.63, 3.8) is 0 Å². The van der Waals surface area contributed by atoms with Crippen molar-refractivity contribution in [2.75, 3.05) is 6.61 Å². The minimum atomic E-state index is -4.49. The van der Waals surface area contributed by atoms with Gasteiger partial charge in [0.2, 0.25) is 0 Å². The molecule has 33 heavy (non-hydrogen) atoms. The Bertz CT molecular complexity index is 808. The van der Waals surface area contributed by atoms with E-state index < -0.39 is 36.0 Å². The number of unbranched alkanes of at least 4 members (excludes halogenated alkanes) is 2. The Kier molecular flexibility index (Phi) is 10.4. The van der Waals surface area contributed by atoms with Crippen molar-refractivity contribution in [3.05, 3.63) is 54.1 Å². The number of aliphatic hydroxyl groups excluding tert-OH is 3. The summed E-state index contributed by atoms with van der Waals surface area (Å²) in [5.74, 6) is -1.47. The van der Waals surface area contributed by atoms with Crippen molar-refractivity contribution >= 4 is 5.97 Å². The number of ether oxygens (including phenoxy) is 1. The smallest absolute Gasteiger partial charge is 0.416 e. The summed E-state index contributed by atoms with van der Waals surface area (Å²) in [7, 11) is 0. The van der Waals surface area contributed by atoms with E-state index in [9.17, 15) is 33.3 Å². The molecular formula is C24H31F3O6.